The zero-order valence-electron chi connectivity index (χ0n) is 12.0. The number of benzene rings is 1. The van der Waals surface area contributed by atoms with E-state index in [1.54, 1.807) is 0 Å². The van der Waals surface area contributed by atoms with Gasteiger partial charge in [0, 0.05) is 6.42 Å². The summed E-state index contributed by atoms with van der Waals surface area (Å²) in [6, 6.07) is 9.79. The van der Waals surface area contributed by atoms with E-state index in [2.05, 4.69) is 19.9 Å². The van der Waals surface area contributed by atoms with Gasteiger partial charge in [0.15, 0.2) is 0 Å². The van der Waals surface area contributed by atoms with Crippen molar-refractivity contribution in [2.75, 3.05) is 0 Å². The summed E-state index contributed by atoms with van der Waals surface area (Å²) in [4.78, 5) is 11.5. The fraction of sp³-hybridized carbons (Fsp3) is 0.471. The van der Waals surface area contributed by atoms with Gasteiger partial charge < -0.3 is 4.74 Å². The second-order valence-electron chi connectivity index (χ2n) is 5.03. The molecule has 0 fully saturated rings. The third-order valence-corrected chi connectivity index (χ3v) is 2.88. The van der Waals surface area contributed by atoms with E-state index in [9.17, 15) is 4.79 Å². The van der Waals surface area contributed by atoms with E-state index < -0.39 is 0 Å². The van der Waals surface area contributed by atoms with Crippen LogP contribution in [-0.2, 0) is 16.1 Å². The molecule has 0 amide bonds. The molecule has 1 aromatic rings. The molecule has 0 N–H and O–H groups in total. The van der Waals surface area contributed by atoms with Gasteiger partial charge in [0.25, 0.3) is 0 Å². The lowest BCUT2D eigenvalue weighted by atomic mass is 10.1. The SMILES string of the molecule is CC(C)=CCCCCCC(=O)OCc1ccccc1. The highest BCUT2D eigenvalue weighted by atomic mass is 16.5. The van der Waals surface area contributed by atoms with Crippen molar-refractivity contribution < 1.29 is 9.53 Å². The maximum Gasteiger partial charge on any atom is 0.306 e. The van der Waals surface area contributed by atoms with Gasteiger partial charge in [-0.15, -0.1) is 0 Å². The zero-order chi connectivity index (χ0) is 13.9. The Morgan fingerprint density at radius 2 is 1.84 bits per heavy atom. The lowest BCUT2D eigenvalue weighted by molar-refractivity contribution is -0.145. The van der Waals surface area contributed by atoms with Crippen LogP contribution in [0.1, 0.15) is 51.5 Å². The number of allylic oxidation sites excluding steroid dienone is 2. The molecule has 0 saturated heterocycles. The maximum atomic E-state index is 11.5. The molecule has 0 aromatic heterocycles. The summed E-state index contributed by atoms with van der Waals surface area (Å²) >= 11 is 0. The van der Waals surface area contributed by atoms with Crippen LogP contribution < -0.4 is 0 Å². The van der Waals surface area contributed by atoms with Crippen LogP contribution in [0.15, 0.2) is 42.0 Å². The first kappa shape index (κ1) is 15.5. The Labute approximate surface area is 116 Å². The van der Waals surface area contributed by atoms with Crippen LogP contribution in [0.2, 0.25) is 0 Å². The van der Waals surface area contributed by atoms with E-state index in [0.29, 0.717) is 13.0 Å². The summed E-state index contributed by atoms with van der Waals surface area (Å²) in [6.45, 7) is 4.61. The van der Waals surface area contributed by atoms with Crippen molar-refractivity contribution >= 4 is 5.97 Å². The highest BCUT2D eigenvalue weighted by molar-refractivity contribution is 5.69. The summed E-state index contributed by atoms with van der Waals surface area (Å²) in [5, 5.41) is 0. The second-order valence-corrected chi connectivity index (χ2v) is 5.03. The number of hydrogen-bond acceptors (Lipinski definition) is 2. The van der Waals surface area contributed by atoms with Gasteiger partial charge in [-0.25, -0.2) is 0 Å². The highest BCUT2D eigenvalue weighted by Crippen LogP contribution is 2.07. The molecule has 104 valence electrons. The van der Waals surface area contributed by atoms with Gasteiger partial charge in [-0.3, -0.25) is 4.79 Å². The van der Waals surface area contributed by atoms with Crippen LogP contribution in [0.3, 0.4) is 0 Å². The summed E-state index contributed by atoms with van der Waals surface area (Å²) in [5.41, 5.74) is 2.40. The minimum atomic E-state index is -0.0916. The largest absolute Gasteiger partial charge is 0.461 e. The predicted molar refractivity (Wildman–Crippen MR) is 78.8 cm³/mol. The Morgan fingerprint density at radius 1 is 1.11 bits per heavy atom. The van der Waals surface area contributed by atoms with Gasteiger partial charge in [0.05, 0.1) is 0 Å². The average molecular weight is 260 g/mol. The molecule has 0 atom stereocenters. The van der Waals surface area contributed by atoms with Crippen molar-refractivity contribution in [1.82, 2.24) is 0 Å². The topological polar surface area (TPSA) is 26.3 Å². The number of esters is 1. The van der Waals surface area contributed by atoms with Gasteiger partial charge in [0.2, 0.25) is 0 Å². The van der Waals surface area contributed by atoms with Crippen molar-refractivity contribution in [3.8, 4) is 0 Å². The predicted octanol–water partition coefficient (Wildman–Crippen LogP) is 4.65. The first-order chi connectivity index (χ1) is 9.18. The molecule has 2 nitrogen and oxygen atoms in total. The van der Waals surface area contributed by atoms with Crippen molar-refractivity contribution in [1.29, 1.82) is 0 Å². The maximum absolute atomic E-state index is 11.5. The fourth-order valence-corrected chi connectivity index (χ4v) is 1.79. The molecular weight excluding hydrogens is 236 g/mol. The third-order valence-electron chi connectivity index (χ3n) is 2.88. The minimum Gasteiger partial charge on any atom is -0.461 e. The minimum absolute atomic E-state index is 0.0916. The summed E-state index contributed by atoms with van der Waals surface area (Å²) in [6.07, 6.45) is 7.04. The van der Waals surface area contributed by atoms with E-state index in [4.69, 9.17) is 4.74 Å². The average Bonchev–Trinajstić information content (AvgIpc) is 2.41. The molecule has 0 radical (unpaired) electrons. The highest BCUT2D eigenvalue weighted by Gasteiger charge is 2.02. The molecule has 1 rings (SSSR count). The van der Waals surface area contributed by atoms with Crippen molar-refractivity contribution in [3.63, 3.8) is 0 Å². The molecule has 0 aliphatic rings. The molecule has 0 bridgehead atoms. The molecule has 2 heteroatoms. The Morgan fingerprint density at radius 3 is 2.53 bits per heavy atom. The summed E-state index contributed by atoms with van der Waals surface area (Å²) < 4.78 is 5.22. The van der Waals surface area contributed by atoms with E-state index in [1.807, 2.05) is 30.3 Å². The molecule has 0 aliphatic carbocycles. The zero-order valence-corrected chi connectivity index (χ0v) is 12.0. The van der Waals surface area contributed by atoms with Crippen LogP contribution in [0.5, 0.6) is 0 Å². The van der Waals surface area contributed by atoms with Gasteiger partial charge in [0.1, 0.15) is 6.61 Å². The van der Waals surface area contributed by atoms with Gasteiger partial charge in [-0.05, 0) is 38.7 Å². The lowest BCUT2D eigenvalue weighted by Crippen LogP contribution is -2.04. The van der Waals surface area contributed by atoms with Crippen LogP contribution in [-0.4, -0.2) is 5.97 Å². The summed E-state index contributed by atoms with van der Waals surface area (Å²) in [5.74, 6) is -0.0916. The molecule has 0 aliphatic heterocycles. The number of unbranched alkanes of at least 4 members (excludes halogenated alkanes) is 3. The van der Waals surface area contributed by atoms with Gasteiger partial charge in [-0.1, -0.05) is 48.4 Å². The van der Waals surface area contributed by atoms with Gasteiger partial charge >= 0.3 is 5.97 Å². The molecule has 0 spiro atoms. The Balaban J connectivity index is 2.04. The lowest BCUT2D eigenvalue weighted by Gasteiger charge is -2.04. The Hall–Kier alpha value is -1.57. The molecular formula is C17H24O2. The Kier molecular flexibility index (Phi) is 7.64. The normalized spacial score (nSPS) is 10.0. The molecule has 1 aromatic carbocycles. The first-order valence-electron chi connectivity index (χ1n) is 7.01. The third kappa shape index (κ3) is 8.20. The molecule has 0 unspecified atom stereocenters. The van der Waals surface area contributed by atoms with Gasteiger partial charge in [-0.2, -0.15) is 0 Å². The number of ether oxygens (including phenoxy) is 1. The van der Waals surface area contributed by atoms with E-state index in [-0.39, 0.29) is 5.97 Å². The Bertz CT molecular complexity index is 389. The number of carbonyl (C=O) groups is 1. The fourth-order valence-electron chi connectivity index (χ4n) is 1.79. The summed E-state index contributed by atoms with van der Waals surface area (Å²) in [7, 11) is 0. The van der Waals surface area contributed by atoms with Crippen LogP contribution in [0.25, 0.3) is 0 Å². The van der Waals surface area contributed by atoms with Crippen molar-refractivity contribution in [3.05, 3.63) is 47.5 Å². The van der Waals surface area contributed by atoms with Crippen LogP contribution in [0, 0.1) is 0 Å². The van der Waals surface area contributed by atoms with E-state index in [0.717, 1.165) is 31.2 Å². The van der Waals surface area contributed by atoms with E-state index in [1.165, 1.54) is 5.57 Å². The molecule has 0 saturated carbocycles. The van der Waals surface area contributed by atoms with E-state index >= 15 is 0 Å². The second kappa shape index (κ2) is 9.37. The number of carbonyl (C=O) groups excluding carboxylic acids is 1. The van der Waals surface area contributed by atoms with Crippen molar-refractivity contribution in [2.24, 2.45) is 0 Å². The number of rotatable bonds is 8. The number of hydrogen-bond donors (Lipinski definition) is 0. The quantitative estimate of drug-likeness (QED) is 0.386. The standard InChI is InChI=1S/C17H24O2/c1-15(2)10-6-3-4-9-13-17(18)19-14-16-11-7-5-8-12-16/h5,7-8,10-12H,3-4,6,9,13-14H2,1-2H3. The first-order valence-corrected chi connectivity index (χ1v) is 7.01. The monoisotopic (exact) mass is 260 g/mol. The van der Waals surface area contributed by atoms with Crippen LogP contribution >= 0.6 is 0 Å². The molecule has 19 heavy (non-hydrogen) atoms. The molecule has 0 heterocycles. The van der Waals surface area contributed by atoms with Crippen molar-refractivity contribution in [2.45, 2.75) is 52.6 Å². The van der Waals surface area contributed by atoms with Crippen LogP contribution in [0.4, 0.5) is 0 Å². The smallest absolute Gasteiger partial charge is 0.306 e.